The molecule has 3 aromatic carbocycles. The van der Waals surface area contributed by atoms with E-state index >= 15 is 0 Å². The average Bonchev–Trinajstić information content (AvgIpc) is 2.63. The second-order valence-corrected chi connectivity index (χ2v) is 5.22. The van der Waals surface area contributed by atoms with Crippen LogP contribution < -0.4 is 10.6 Å². The van der Waals surface area contributed by atoms with Gasteiger partial charge in [0.25, 0.3) is 5.91 Å². The van der Waals surface area contributed by atoms with Gasteiger partial charge in [-0.2, -0.15) is 0 Å². The summed E-state index contributed by atoms with van der Waals surface area (Å²) in [5.74, 6) is -0.442. The fourth-order valence-corrected chi connectivity index (χ4v) is 2.30. The fourth-order valence-electron chi connectivity index (χ4n) is 2.30. The first kappa shape index (κ1) is 15.5. The summed E-state index contributed by atoms with van der Waals surface area (Å²) in [7, 11) is 0. The summed E-state index contributed by atoms with van der Waals surface area (Å²) in [6.45, 7) is 0. The van der Waals surface area contributed by atoms with E-state index in [-0.39, 0.29) is 0 Å². The van der Waals surface area contributed by atoms with E-state index in [4.69, 9.17) is 0 Å². The zero-order valence-electron chi connectivity index (χ0n) is 12.9. The van der Waals surface area contributed by atoms with Crippen molar-refractivity contribution in [3.05, 3.63) is 90.5 Å². The molecule has 0 heterocycles. The van der Waals surface area contributed by atoms with Gasteiger partial charge in [-0.05, 0) is 35.4 Å². The molecule has 0 aliphatic rings. The topological polar surface area (TPSA) is 58.2 Å². The van der Waals surface area contributed by atoms with Gasteiger partial charge in [0.05, 0.1) is 0 Å². The smallest absolute Gasteiger partial charge is 0.308 e. The van der Waals surface area contributed by atoms with Gasteiger partial charge in [-0.15, -0.1) is 0 Å². The van der Waals surface area contributed by atoms with Gasteiger partial charge in [-0.25, -0.2) is 4.79 Å². The first-order valence-corrected chi connectivity index (χ1v) is 7.55. The Morgan fingerprint density at radius 3 is 1.79 bits per heavy atom. The van der Waals surface area contributed by atoms with E-state index < -0.39 is 11.9 Å². The largest absolute Gasteiger partial charge is 0.326 e. The molecule has 0 unspecified atom stereocenters. The summed E-state index contributed by atoms with van der Waals surface area (Å²) in [6.07, 6.45) is 0. The lowest BCUT2D eigenvalue weighted by atomic mass is 10.0. The zero-order valence-corrected chi connectivity index (χ0v) is 12.9. The van der Waals surface area contributed by atoms with Crippen molar-refractivity contribution in [2.24, 2.45) is 0 Å². The van der Waals surface area contributed by atoms with Crippen LogP contribution in [0.5, 0.6) is 0 Å². The molecule has 0 bridgehead atoms. The third-order valence-electron chi connectivity index (χ3n) is 3.51. The lowest BCUT2D eigenvalue weighted by Gasteiger charge is -2.07. The van der Waals surface area contributed by atoms with Gasteiger partial charge in [-0.1, -0.05) is 60.7 Å². The van der Waals surface area contributed by atoms with Crippen LogP contribution in [0.4, 0.5) is 10.5 Å². The molecule has 0 saturated heterocycles. The Balaban J connectivity index is 1.64. The van der Waals surface area contributed by atoms with Gasteiger partial charge in [0.2, 0.25) is 0 Å². The number of amides is 3. The molecule has 118 valence electrons. The van der Waals surface area contributed by atoms with Crippen molar-refractivity contribution in [1.29, 1.82) is 0 Å². The highest BCUT2D eigenvalue weighted by atomic mass is 16.2. The monoisotopic (exact) mass is 316 g/mol. The Labute approximate surface area is 140 Å². The van der Waals surface area contributed by atoms with Crippen molar-refractivity contribution in [1.82, 2.24) is 5.32 Å². The standard InChI is InChI=1S/C20H16N2O2/c23-19(22-20(24)21-18-9-5-2-6-10-18)17-13-11-16(12-14-17)15-7-3-1-4-8-15/h1-14H,(H2,21,22,23,24). The molecule has 0 aliphatic heterocycles. The Morgan fingerprint density at radius 2 is 1.17 bits per heavy atom. The molecule has 0 spiro atoms. The number of nitrogens with one attached hydrogen (secondary N) is 2. The summed E-state index contributed by atoms with van der Waals surface area (Å²) in [5.41, 5.74) is 3.15. The van der Waals surface area contributed by atoms with Crippen LogP contribution in [0.2, 0.25) is 0 Å². The van der Waals surface area contributed by atoms with Crippen molar-refractivity contribution < 1.29 is 9.59 Å². The summed E-state index contributed by atoms with van der Waals surface area (Å²) in [4.78, 5) is 24.0. The van der Waals surface area contributed by atoms with Crippen LogP contribution in [0, 0.1) is 0 Å². The third-order valence-corrected chi connectivity index (χ3v) is 3.51. The summed E-state index contributed by atoms with van der Waals surface area (Å²) >= 11 is 0. The third kappa shape index (κ3) is 3.87. The van der Waals surface area contributed by atoms with Gasteiger partial charge in [0, 0.05) is 11.3 Å². The predicted molar refractivity (Wildman–Crippen MR) is 94.8 cm³/mol. The van der Waals surface area contributed by atoms with Crippen molar-refractivity contribution in [2.75, 3.05) is 5.32 Å². The van der Waals surface area contributed by atoms with E-state index in [1.807, 2.05) is 48.5 Å². The number of para-hydroxylation sites is 1. The minimum atomic E-state index is -0.557. The van der Waals surface area contributed by atoms with E-state index in [0.29, 0.717) is 11.3 Å². The Kier molecular flexibility index (Phi) is 4.68. The Bertz CT molecular complexity index is 829. The molecule has 0 aromatic heterocycles. The minimum Gasteiger partial charge on any atom is -0.308 e. The van der Waals surface area contributed by atoms with Crippen LogP contribution >= 0.6 is 0 Å². The maximum absolute atomic E-state index is 12.1. The van der Waals surface area contributed by atoms with Crippen molar-refractivity contribution in [3.63, 3.8) is 0 Å². The van der Waals surface area contributed by atoms with E-state index in [2.05, 4.69) is 10.6 Å². The van der Waals surface area contributed by atoms with E-state index in [0.717, 1.165) is 11.1 Å². The fraction of sp³-hybridized carbons (Fsp3) is 0. The zero-order chi connectivity index (χ0) is 16.8. The predicted octanol–water partition coefficient (Wildman–Crippen LogP) is 4.32. The van der Waals surface area contributed by atoms with E-state index in [9.17, 15) is 9.59 Å². The quantitative estimate of drug-likeness (QED) is 0.756. The van der Waals surface area contributed by atoms with Gasteiger partial charge in [-0.3, -0.25) is 10.1 Å². The molecule has 24 heavy (non-hydrogen) atoms. The molecule has 0 radical (unpaired) electrons. The SMILES string of the molecule is O=C(NC(=O)c1ccc(-c2ccccc2)cc1)Nc1ccccc1. The number of urea groups is 1. The van der Waals surface area contributed by atoms with Crippen molar-refractivity contribution in [3.8, 4) is 11.1 Å². The molecular weight excluding hydrogens is 300 g/mol. The molecule has 3 rings (SSSR count). The van der Waals surface area contributed by atoms with Crippen LogP contribution in [0.25, 0.3) is 11.1 Å². The number of imide groups is 1. The first-order valence-electron chi connectivity index (χ1n) is 7.55. The number of carbonyl (C=O) groups is 2. The van der Waals surface area contributed by atoms with Gasteiger partial charge in [0.15, 0.2) is 0 Å². The lowest BCUT2D eigenvalue weighted by Crippen LogP contribution is -2.34. The summed E-state index contributed by atoms with van der Waals surface area (Å²) < 4.78 is 0. The van der Waals surface area contributed by atoms with Gasteiger partial charge in [0.1, 0.15) is 0 Å². The second kappa shape index (κ2) is 7.24. The molecule has 4 nitrogen and oxygen atoms in total. The molecule has 3 amide bonds. The molecule has 0 aliphatic carbocycles. The Hall–Kier alpha value is -3.40. The molecule has 3 aromatic rings. The Morgan fingerprint density at radius 1 is 0.625 bits per heavy atom. The molecule has 2 N–H and O–H groups in total. The molecule has 0 fully saturated rings. The number of anilines is 1. The van der Waals surface area contributed by atoms with Crippen LogP contribution in [0.15, 0.2) is 84.9 Å². The number of carbonyl (C=O) groups excluding carboxylic acids is 2. The average molecular weight is 316 g/mol. The van der Waals surface area contributed by atoms with Crippen LogP contribution in [0.3, 0.4) is 0 Å². The van der Waals surface area contributed by atoms with Crippen LogP contribution in [0.1, 0.15) is 10.4 Å². The van der Waals surface area contributed by atoms with Crippen LogP contribution in [-0.4, -0.2) is 11.9 Å². The highest BCUT2D eigenvalue weighted by molar-refractivity contribution is 6.08. The van der Waals surface area contributed by atoms with Gasteiger partial charge < -0.3 is 5.32 Å². The number of rotatable bonds is 3. The molecule has 0 atom stereocenters. The maximum Gasteiger partial charge on any atom is 0.326 e. The van der Waals surface area contributed by atoms with Crippen molar-refractivity contribution >= 4 is 17.6 Å². The number of benzene rings is 3. The second-order valence-electron chi connectivity index (χ2n) is 5.22. The first-order chi connectivity index (χ1) is 11.7. The van der Waals surface area contributed by atoms with Crippen LogP contribution in [-0.2, 0) is 0 Å². The van der Waals surface area contributed by atoms with Gasteiger partial charge >= 0.3 is 6.03 Å². The number of hydrogen-bond donors (Lipinski definition) is 2. The normalized spacial score (nSPS) is 10.0. The number of hydrogen-bond acceptors (Lipinski definition) is 2. The highest BCUT2D eigenvalue weighted by Gasteiger charge is 2.10. The van der Waals surface area contributed by atoms with E-state index in [1.54, 1.807) is 36.4 Å². The summed E-state index contributed by atoms with van der Waals surface area (Å²) in [5, 5.41) is 4.92. The van der Waals surface area contributed by atoms with Crippen molar-refractivity contribution in [2.45, 2.75) is 0 Å². The molecular formula is C20H16N2O2. The summed E-state index contributed by atoms with van der Waals surface area (Å²) in [6, 6.07) is 25.4. The molecule has 0 saturated carbocycles. The highest BCUT2D eigenvalue weighted by Crippen LogP contribution is 2.19. The molecule has 4 heteroatoms. The van der Waals surface area contributed by atoms with E-state index in [1.165, 1.54) is 0 Å². The minimum absolute atomic E-state index is 0.429. The maximum atomic E-state index is 12.1. The lowest BCUT2D eigenvalue weighted by molar-refractivity contribution is 0.0967.